The molecule has 0 aromatic carbocycles. The van der Waals surface area contributed by atoms with Gasteiger partial charge in [0.25, 0.3) is 11.6 Å². The maximum atomic E-state index is 11.3. The predicted octanol–water partition coefficient (Wildman–Crippen LogP) is 4.41. The Morgan fingerprint density at radius 1 is 0.596 bits per heavy atom. The fourth-order valence-electron chi connectivity index (χ4n) is 1.87. The van der Waals surface area contributed by atoms with Crippen LogP contribution in [0.25, 0.3) is 0 Å². The summed E-state index contributed by atoms with van der Waals surface area (Å²) in [6.45, 7) is 3.46. The number of hydrogen-bond donors (Lipinski definition) is 2. The minimum Gasteiger partial charge on any atom is -0.869 e. The number of carbonyl (C=O) groups excluding carboxylic acids is 2. The molecule has 0 unspecified atom stereocenters. The molecule has 47 heavy (non-hydrogen) atoms. The van der Waals surface area contributed by atoms with Gasteiger partial charge in [-0.15, -0.1) is 0 Å². The molecule has 2 aromatic heterocycles. The summed E-state index contributed by atoms with van der Waals surface area (Å²) in [5.74, 6) is -11.3. The molecule has 2 rings (SSSR count). The fourth-order valence-corrected chi connectivity index (χ4v) is 1.87. The van der Waals surface area contributed by atoms with E-state index in [9.17, 15) is 72.5 Å². The number of ketones is 2. The van der Waals surface area contributed by atoms with Crippen molar-refractivity contribution in [1.29, 1.82) is 0 Å². The van der Waals surface area contributed by atoms with Crippen LogP contribution in [0.3, 0.4) is 0 Å². The number of carbonyl (C=O) groups is 2. The van der Waals surface area contributed by atoms with Crippen LogP contribution in [-0.4, -0.2) is 68.1 Å². The van der Waals surface area contributed by atoms with Crippen LogP contribution >= 0.6 is 0 Å². The standard InChI is InChI=1S/2C7H8N2O.2C5H2F6O2.Cu/c2*1-6(9-10)7-2-4-8-5-3-7;2*6-4(7,8)2(12)1-3(13)5(9,10)11;/h2*2-5,10H,1H3;2*1,12H;/q;;;;+2/p-2/b2*9-6+;2*2-1-;. The van der Waals surface area contributed by atoms with Gasteiger partial charge in [0.05, 0.1) is 11.4 Å². The summed E-state index contributed by atoms with van der Waals surface area (Å²) in [6, 6.07) is 7.15. The maximum Gasteiger partial charge on any atom is 2.00 e. The van der Waals surface area contributed by atoms with Gasteiger partial charge in [-0.25, -0.2) is 0 Å². The molecule has 2 heterocycles. The molecule has 1 radical (unpaired) electrons. The minimum atomic E-state index is -5.46. The first-order valence-corrected chi connectivity index (χ1v) is 11.1. The van der Waals surface area contributed by atoms with Gasteiger partial charge in [-0.05, 0) is 61.8 Å². The first kappa shape index (κ1) is 46.8. The Bertz CT molecular complexity index is 1270. The molecule has 0 amide bonds. The molecule has 265 valence electrons. The number of pyridine rings is 2. The van der Waals surface area contributed by atoms with Crippen LogP contribution in [-0.2, 0) is 26.7 Å². The summed E-state index contributed by atoms with van der Waals surface area (Å²) >= 11 is 0. The van der Waals surface area contributed by atoms with Crippen LogP contribution in [0.4, 0.5) is 52.7 Å². The third kappa shape index (κ3) is 20.9. The van der Waals surface area contributed by atoms with Crippen molar-refractivity contribution in [3.63, 3.8) is 0 Å². The fraction of sp³-hybridized carbons (Fsp3) is 0.250. The first-order valence-electron chi connectivity index (χ1n) is 11.1. The summed E-state index contributed by atoms with van der Waals surface area (Å²) in [7, 11) is 0. The Balaban J connectivity index is -0.000000548. The number of hydrogen-bond acceptors (Lipinski definition) is 10. The molecule has 2 N–H and O–H groups in total. The van der Waals surface area contributed by atoms with Crippen LogP contribution in [0.15, 0.2) is 83.0 Å². The van der Waals surface area contributed by atoms with E-state index in [1.807, 2.05) is 0 Å². The SMILES string of the molecule is C/C(=N\O)c1ccncc1.C/C(=N\O)c1ccncc1.O=C(/C=C(\[O-])C(F)(F)F)C(F)(F)F.O=C(/C=C(\[O-])C(F)(F)F)C(F)(F)F.[Cu+2]. The van der Waals surface area contributed by atoms with Crippen molar-refractivity contribution in [2.45, 2.75) is 38.6 Å². The Morgan fingerprint density at radius 3 is 1.00 bits per heavy atom. The summed E-state index contributed by atoms with van der Waals surface area (Å²) in [6.07, 6.45) is -17.3. The van der Waals surface area contributed by atoms with Gasteiger partial charge in [0.15, 0.2) is 0 Å². The zero-order chi connectivity index (χ0) is 36.5. The molecule has 0 bridgehead atoms. The third-order valence-corrected chi connectivity index (χ3v) is 4.14. The van der Waals surface area contributed by atoms with Crippen LogP contribution in [0, 0.1) is 0 Å². The zero-order valence-electron chi connectivity index (χ0n) is 22.9. The number of oxime groups is 2. The van der Waals surface area contributed by atoms with E-state index in [4.69, 9.17) is 10.4 Å². The maximum absolute atomic E-state index is 11.3. The van der Waals surface area contributed by atoms with Crippen molar-refractivity contribution in [3.8, 4) is 0 Å². The monoisotopic (exact) mass is 749 g/mol. The summed E-state index contributed by atoms with van der Waals surface area (Å²) < 4.78 is 136. The second-order valence-corrected chi connectivity index (χ2v) is 7.58. The third-order valence-electron chi connectivity index (χ3n) is 4.14. The van der Waals surface area contributed by atoms with Gasteiger partial charge in [0.1, 0.15) is 0 Å². The Hall–Kier alpha value is -4.66. The number of alkyl halides is 12. The number of rotatable bonds is 4. The van der Waals surface area contributed by atoms with Crippen LogP contribution in [0.5, 0.6) is 0 Å². The van der Waals surface area contributed by atoms with E-state index in [2.05, 4.69) is 20.3 Å². The van der Waals surface area contributed by atoms with Crippen LogP contribution in [0.2, 0.25) is 0 Å². The summed E-state index contributed by atoms with van der Waals surface area (Å²) in [4.78, 5) is 27.3. The molecule has 0 aliphatic heterocycles. The molecule has 0 spiro atoms. The molecule has 10 nitrogen and oxygen atoms in total. The number of allylic oxidation sites excluding steroid dienone is 4. The van der Waals surface area contributed by atoms with E-state index in [0.29, 0.717) is 11.4 Å². The second-order valence-electron chi connectivity index (χ2n) is 7.58. The topological polar surface area (TPSA) is 171 Å². The molecule has 0 aliphatic rings. The molecule has 23 heteroatoms. The van der Waals surface area contributed by atoms with E-state index < -0.39 is 59.9 Å². The van der Waals surface area contributed by atoms with Crippen molar-refractivity contribution in [2.75, 3.05) is 0 Å². The van der Waals surface area contributed by atoms with Crippen molar-refractivity contribution in [3.05, 3.63) is 83.9 Å². The van der Waals surface area contributed by atoms with Crippen LogP contribution < -0.4 is 10.2 Å². The molecular formula is C24H18CuF12N4O6. The van der Waals surface area contributed by atoms with E-state index in [0.717, 1.165) is 11.1 Å². The number of nitrogens with zero attached hydrogens (tertiary/aromatic N) is 4. The van der Waals surface area contributed by atoms with Crippen molar-refractivity contribution in [2.24, 2.45) is 10.3 Å². The smallest absolute Gasteiger partial charge is 0.869 e. The van der Waals surface area contributed by atoms with Crippen molar-refractivity contribution in [1.82, 2.24) is 9.97 Å². The van der Waals surface area contributed by atoms with E-state index in [1.165, 1.54) is 0 Å². The molecule has 0 atom stereocenters. The molecule has 0 saturated heterocycles. The van der Waals surface area contributed by atoms with Gasteiger partial charge in [0, 0.05) is 35.9 Å². The predicted molar refractivity (Wildman–Crippen MR) is 127 cm³/mol. The minimum absolute atomic E-state index is 0. The van der Waals surface area contributed by atoms with Gasteiger partial charge < -0.3 is 20.6 Å². The van der Waals surface area contributed by atoms with E-state index in [1.54, 1.807) is 62.9 Å². The van der Waals surface area contributed by atoms with Gasteiger partial charge in [0.2, 0.25) is 0 Å². The average Bonchev–Trinajstić information content (AvgIpc) is 2.96. The average molecular weight is 750 g/mol. The second kappa shape index (κ2) is 20.5. The van der Waals surface area contributed by atoms with Gasteiger partial charge in [-0.3, -0.25) is 19.6 Å². The molecule has 0 aliphatic carbocycles. The zero-order valence-corrected chi connectivity index (χ0v) is 23.9. The van der Waals surface area contributed by atoms with E-state index in [-0.39, 0.29) is 17.1 Å². The molecule has 0 fully saturated rings. The Labute approximate surface area is 265 Å². The van der Waals surface area contributed by atoms with E-state index >= 15 is 0 Å². The van der Waals surface area contributed by atoms with Crippen molar-refractivity contribution < 1.29 is 100.0 Å². The molecular weight excluding hydrogens is 732 g/mol. The number of halogens is 12. The molecule has 0 saturated carbocycles. The summed E-state index contributed by atoms with van der Waals surface area (Å²) in [5, 5.41) is 42.4. The Morgan fingerprint density at radius 2 is 0.830 bits per heavy atom. The largest absolute Gasteiger partial charge is 2.00 e. The van der Waals surface area contributed by atoms with Gasteiger partial charge >= 0.3 is 41.8 Å². The first-order chi connectivity index (χ1) is 20.8. The van der Waals surface area contributed by atoms with Crippen molar-refractivity contribution >= 4 is 23.0 Å². The normalized spacial score (nSPS) is 12.9. The quantitative estimate of drug-likeness (QED) is 0.0881. The van der Waals surface area contributed by atoms with Gasteiger partial charge in [-0.2, -0.15) is 52.7 Å². The Kier molecular flexibility index (Phi) is 20.4. The number of aromatic nitrogens is 2. The molecule has 2 aromatic rings. The summed E-state index contributed by atoms with van der Waals surface area (Å²) in [5.41, 5.74) is 2.97. The van der Waals surface area contributed by atoms with Crippen LogP contribution in [0.1, 0.15) is 25.0 Å². The van der Waals surface area contributed by atoms with Gasteiger partial charge in [-0.1, -0.05) is 10.3 Å².